The second-order valence-electron chi connectivity index (χ2n) is 6.67. The normalized spacial score (nSPS) is 20.2. The Morgan fingerprint density at radius 2 is 2.12 bits per heavy atom. The van der Waals surface area contributed by atoms with E-state index in [0.29, 0.717) is 19.6 Å². The van der Waals surface area contributed by atoms with E-state index in [0.717, 1.165) is 56.5 Å². The minimum Gasteiger partial charge on any atom is -0.493 e. The van der Waals surface area contributed by atoms with E-state index in [9.17, 15) is 9.59 Å². The third kappa shape index (κ3) is 4.87. The van der Waals surface area contributed by atoms with Crippen LogP contribution in [0.15, 0.2) is 24.3 Å². The zero-order valence-corrected chi connectivity index (χ0v) is 14.6. The summed E-state index contributed by atoms with van der Waals surface area (Å²) >= 11 is 0. The highest BCUT2D eigenvalue weighted by molar-refractivity contribution is 5.76. The van der Waals surface area contributed by atoms with Crippen molar-refractivity contribution < 1.29 is 14.3 Å². The van der Waals surface area contributed by atoms with Gasteiger partial charge < -0.3 is 20.3 Å². The fourth-order valence-electron chi connectivity index (χ4n) is 3.45. The van der Waals surface area contributed by atoms with Gasteiger partial charge in [-0.1, -0.05) is 24.6 Å². The summed E-state index contributed by atoms with van der Waals surface area (Å²) in [5.74, 6) is 1.10. The van der Waals surface area contributed by atoms with Crippen molar-refractivity contribution in [3.05, 3.63) is 29.8 Å². The number of nitrogens with zero attached hydrogens (tertiary/aromatic N) is 1. The number of fused-ring (bicyclic) bond motifs is 1. The van der Waals surface area contributed by atoms with E-state index in [2.05, 4.69) is 10.6 Å². The number of carbonyl (C=O) groups excluding carboxylic acids is 2. The molecule has 0 spiro atoms. The summed E-state index contributed by atoms with van der Waals surface area (Å²) < 4.78 is 5.61. The third-order valence-electron chi connectivity index (χ3n) is 4.83. The predicted octanol–water partition coefficient (Wildman–Crippen LogP) is 2.60. The maximum atomic E-state index is 12.1. The van der Waals surface area contributed by atoms with Crippen molar-refractivity contribution in [2.45, 2.75) is 44.6 Å². The van der Waals surface area contributed by atoms with Crippen molar-refractivity contribution in [2.24, 2.45) is 0 Å². The fourth-order valence-corrected chi connectivity index (χ4v) is 3.45. The summed E-state index contributed by atoms with van der Waals surface area (Å²) in [7, 11) is 0. The van der Waals surface area contributed by atoms with Gasteiger partial charge in [0, 0.05) is 38.0 Å². The molecule has 6 heteroatoms. The largest absolute Gasteiger partial charge is 0.493 e. The van der Waals surface area contributed by atoms with E-state index in [-0.39, 0.29) is 18.0 Å². The first-order chi connectivity index (χ1) is 12.2. The lowest BCUT2D eigenvalue weighted by Crippen LogP contribution is -2.41. The van der Waals surface area contributed by atoms with Crippen LogP contribution < -0.4 is 15.4 Å². The molecular weight excluding hydrogens is 318 g/mol. The Bertz CT molecular complexity index is 605. The summed E-state index contributed by atoms with van der Waals surface area (Å²) in [6, 6.07) is 7.63. The molecule has 2 heterocycles. The lowest BCUT2D eigenvalue weighted by molar-refractivity contribution is -0.130. The minimum absolute atomic E-state index is 0.0165. The fraction of sp³-hybridized carbons (Fsp3) is 0.579. The number of rotatable bonds is 5. The summed E-state index contributed by atoms with van der Waals surface area (Å²) in [6.07, 6.45) is 5.44. The molecule has 136 valence electrons. The van der Waals surface area contributed by atoms with Gasteiger partial charge in [0.1, 0.15) is 5.75 Å². The Hall–Kier alpha value is -2.24. The number of amides is 3. The van der Waals surface area contributed by atoms with E-state index in [1.807, 2.05) is 29.2 Å². The first-order valence-corrected chi connectivity index (χ1v) is 9.28. The van der Waals surface area contributed by atoms with Gasteiger partial charge in [0.2, 0.25) is 5.91 Å². The Morgan fingerprint density at radius 3 is 3.04 bits per heavy atom. The molecule has 1 fully saturated rings. The molecule has 0 aromatic heterocycles. The van der Waals surface area contributed by atoms with Crippen LogP contribution in [-0.2, 0) is 4.79 Å². The van der Waals surface area contributed by atoms with Crippen LogP contribution in [0.4, 0.5) is 4.79 Å². The Labute approximate surface area is 148 Å². The van der Waals surface area contributed by atoms with Gasteiger partial charge in [-0.05, 0) is 25.3 Å². The predicted molar refractivity (Wildman–Crippen MR) is 95.5 cm³/mol. The van der Waals surface area contributed by atoms with Crippen molar-refractivity contribution in [1.29, 1.82) is 0 Å². The average Bonchev–Trinajstić information content (AvgIpc) is 2.83. The monoisotopic (exact) mass is 345 g/mol. The number of carbonyl (C=O) groups is 2. The summed E-state index contributed by atoms with van der Waals surface area (Å²) in [5, 5.41) is 5.92. The van der Waals surface area contributed by atoms with Crippen LogP contribution in [0.25, 0.3) is 0 Å². The first kappa shape index (κ1) is 17.6. The standard InChI is InChI=1S/C19H27N3O3/c23-18-9-2-1-5-12-22(18)13-6-11-20-19(24)21-16-10-14-25-17-8-4-3-7-15(16)17/h3-4,7-8,16H,1-2,5-6,9-14H2,(H2,20,21,24). The van der Waals surface area contributed by atoms with Gasteiger partial charge in [0.05, 0.1) is 12.6 Å². The molecule has 0 aliphatic carbocycles. The zero-order valence-electron chi connectivity index (χ0n) is 14.6. The molecule has 2 aliphatic heterocycles. The number of benzene rings is 1. The first-order valence-electron chi connectivity index (χ1n) is 9.28. The maximum Gasteiger partial charge on any atom is 0.315 e. The Balaban J connectivity index is 1.39. The lowest BCUT2D eigenvalue weighted by atomic mass is 10.0. The van der Waals surface area contributed by atoms with Gasteiger partial charge in [-0.15, -0.1) is 0 Å². The molecule has 0 radical (unpaired) electrons. The second kappa shape index (κ2) is 8.74. The van der Waals surface area contributed by atoms with Gasteiger partial charge >= 0.3 is 6.03 Å². The molecule has 2 N–H and O–H groups in total. The van der Waals surface area contributed by atoms with Gasteiger partial charge in [0.15, 0.2) is 0 Å². The molecule has 1 unspecified atom stereocenters. The minimum atomic E-state index is -0.163. The smallest absolute Gasteiger partial charge is 0.315 e. The Morgan fingerprint density at radius 1 is 1.24 bits per heavy atom. The lowest BCUT2D eigenvalue weighted by Gasteiger charge is -2.26. The number of hydrogen-bond acceptors (Lipinski definition) is 3. The van der Waals surface area contributed by atoms with E-state index in [1.165, 1.54) is 0 Å². The van der Waals surface area contributed by atoms with Crippen LogP contribution in [0, 0.1) is 0 Å². The van der Waals surface area contributed by atoms with Gasteiger partial charge in [0.25, 0.3) is 0 Å². The van der Waals surface area contributed by atoms with Crippen LogP contribution in [0.2, 0.25) is 0 Å². The van der Waals surface area contributed by atoms with Crippen LogP contribution in [0.1, 0.15) is 50.1 Å². The quantitative estimate of drug-likeness (QED) is 0.806. The molecule has 2 aliphatic rings. The van der Waals surface area contributed by atoms with E-state index in [1.54, 1.807) is 0 Å². The molecule has 0 bridgehead atoms. The number of nitrogens with one attached hydrogen (secondary N) is 2. The molecule has 3 rings (SSSR count). The van der Waals surface area contributed by atoms with Gasteiger partial charge in [-0.2, -0.15) is 0 Å². The number of urea groups is 1. The third-order valence-corrected chi connectivity index (χ3v) is 4.83. The highest BCUT2D eigenvalue weighted by Crippen LogP contribution is 2.31. The number of hydrogen-bond donors (Lipinski definition) is 2. The van der Waals surface area contributed by atoms with E-state index >= 15 is 0 Å². The Kier molecular flexibility index (Phi) is 6.14. The summed E-state index contributed by atoms with van der Waals surface area (Å²) in [4.78, 5) is 26.0. The van der Waals surface area contributed by atoms with E-state index in [4.69, 9.17) is 4.74 Å². The maximum absolute atomic E-state index is 12.1. The second-order valence-corrected chi connectivity index (χ2v) is 6.67. The van der Waals surface area contributed by atoms with Crippen molar-refractivity contribution in [3.8, 4) is 5.75 Å². The summed E-state index contributed by atoms with van der Waals surface area (Å²) in [5.41, 5.74) is 1.03. The van der Waals surface area contributed by atoms with Crippen LogP contribution in [0.3, 0.4) is 0 Å². The molecule has 0 saturated carbocycles. The van der Waals surface area contributed by atoms with Crippen LogP contribution in [0.5, 0.6) is 5.75 Å². The van der Waals surface area contributed by atoms with Gasteiger partial charge in [-0.3, -0.25) is 4.79 Å². The van der Waals surface area contributed by atoms with Crippen LogP contribution in [-0.4, -0.2) is 43.1 Å². The highest BCUT2D eigenvalue weighted by atomic mass is 16.5. The zero-order chi connectivity index (χ0) is 17.5. The molecule has 1 saturated heterocycles. The highest BCUT2D eigenvalue weighted by Gasteiger charge is 2.22. The SMILES string of the molecule is O=C(NCCCN1CCCCCC1=O)NC1CCOc2ccccc21. The number of ether oxygens (including phenoxy) is 1. The molecule has 6 nitrogen and oxygen atoms in total. The molecule has 1 atom stereocenters. The van der Waals surface area contributed by atoms with Crippen molar-refractivity contribution in [1.82, 2.24) is 15.5 Å². The topological polar surface area (TPSA) is 70.7 Å². The molecule has 25 heavy (non-hydrogen) atoms. The average molecular weight is 345 g/mol. The summed E-state index contributed by atoms with van der Waals surface area (Å²) in [6.45, 7) is 2.75. The molecular formula is C19H27N3O3. The van der Waals surface area contributed by atoms with Crippen molar-refractivity contribution in [2.75, 3.05) is 26.2 Å². The van der Waals surface area contributed by atoms with Crippen molar-refractivity contribution >= 4 is 11.9 Å². The molecule has 3 amide bonds. The number of likely N-dealkylation sites (tertiary alicyclic amines) is 1. The van der Waals surface area contributed by atoms with Crippen molar-refractivity contribution in [3.63, 3.8) is 0 Å². The molecule has 1 aromatic carbocycles. The van der Waals surface area contributed by atoms with Crippen LogP contribution >= 0.6 is 0 Å². The van der Waals surface area contributed by atoms with Gasteiger partial charge in [-0.25, -0.2) is 4.79 Å². The van der Waals surface area contributed by atoms with E-state index < -0.39 is 0 Å². The number of para-hydroxylation sites is 1. The molecule has 1 aromatic rings.